The van der Waals surface area contributed by atoms with E-state index >= 15 is 0 Å². The zero-order valence-electron chi connectivity index (χ0n) is 23.1. The van der Waals surface area contributed by atoms with Gasteiger partial charge in [-0.05, 0) is 49.1 Å². The van der Waals surface area contributed by atoms with Crippen molar-refractivity contribution in [1.82, 2.24) is 14.8 Å². The third kappa shape index (κ3) is 6.57. The highest BCUT2D eigenvalue weighted by atomic mass is 32.2. The predicted molar refractivity (Wildman–Crippen MR) is 158 cm³/mol. The molecule has 1 unspecified atom stereocenters. The summed E-state index contributed by atoms with van der Waals surface area (Å²) in [5.74, 6) is 1.70. The fraction of sp³-hybridized carbons (Fsp3) is 0.281. The van der Waals surface area contributed by atoms with Gasteiger partial charge in [-0.2, -0.15) is 4.98 Å². The SMILES string of the molecule is CCCCOC(=O)C1=C(C)Nc2nc(SCc3ccccc3)nn2C1c1cccc(OCc2ccc(C)cc2)c1. The van der Waals surface area contributed by atoms with Gasteiger partial charge in [-0.3, -0.25) is 0 Å². The zero-order valence-corrected chi connectivity index (χ0v) is 23.9. The first-order chi connectivity index (χ1) is 19.5. The van der Waals surface area contributed by atoms with E-state index in [0.717, 1.165) is 29.7 Å². The average molecular weight is 555 g/mol. The minimum absolute atomic E-state index is 0.353. The standard InChI is InChI=1S/C32H34N4O3S/c1-4-5-18-38-30(37)28-23(3)33-31-34-32(40-21-25-10-7-6-8-11-25)35-36(31)29(28)26-12-9-13-27(19-26)39-20-24-16-14-22(2)15-17-24/h6-17,19,29H,4-5,18,20-21H2,1-3H3,(H,33,34,35). The quantitative estimate of drug-likeness (QED) is 0.120. The molecule has 0 spiro atoms. The smallest absolute Gasteiger partial charge is 0.338 e. The molecule has 0 saturated heterocycles. The highest BCUT2D eigenvalue weighted by Gasteiger charge is 2.35. The van der Waals surface area contributed by atoms with E-state index in [1.54, 1.807) is 16.4 Å². The minimum atomic E-state index is -0.508. The van der Waals surface area contributed by atoms with Crippen LogP contribution in [0.15, 0.2) is 95.3 Å². The second kappa shape index (κ2) is 12.9. The Balaban J connectivity index is 1.44. The number of aromatic nitrogens is 3. The second-order valence-corrected chi connectivity index (χ2v) is 10.8. The lowest BCUT2D eigenvalue weighted by molar-refractivity contribution is -0.139. The molecule has 8 heteroatoms. The molecule has 5 rings (SSSR count). The number of esters is 1. The molecule has 3 aromatic carbocycles. The van der Waals surface area contributed by atoms with Gasteiger partial charge in [-0.15, -0.1) is 5.10 Å². The van der Waals surface area contributed by atoms with Gasteiger partial charge in [0.15, 0.2) is 0 Å². The van der Waals surface area contributed by atoms with E-state index in [4.69, 9.17) is 19.6 Å². The molecule has 1 aliphatic rings. The number of benzene rings is 3. The summed E-state index contributed by atoms with van der Waals surface area (Å²) in [6.07, 6.45) is 1.76. The van der Waals surface area contributed by atoms with Crippen molar-refractivity contribution in [1.29, 1.82) is 0 Å². The molecular weight excluding hydrogens is 520 g/mol. The fourth-order valence-electron chi connectivity index (χ4n) is 4.50. The number of nitrogens with zero attached hydrogens (tertiary/aromatic N) is 3. The number of fused-ring (bicyclic) bond motifs is 1. The molecule has 0 fully saturated rings. The summed E-state index contributed by atoms with van der Waals surface area (Å²) >= 11 is 1.56. The molecule has 1 aromatic heterocycles. The number of nitrogens with one attached hydrogen (secondary N) is 1. The molecule has 0 aliphatic carbocycles. The van der Waals surface area contributed by atoms with Crippen molar-refractivity contribution in [3.05, 3.63) is 112 Å². The monoisotopic (exact) mass is 554 g/mol. The van der Waals surface area contributed by atoms with Gasteiger partial charge in [-0.1, -0.05) is 97.4 Å². The van der Waals surface area contributed by atoms with E-state index in [9.17, 15) is 4.79 Å². The molecule has 4 aromatic rings. The third-order valence-electron chi connectivity index (χ3n) is 6.69. The third-order valence-corrected chi connectivity index (χ3v) is 7.60. The molecular formula is C32H34N4O3S. The number of rotatable bonds is 11. The van der Waals surface area contributed by atoms with Gasteiger partial charge in [0.05, 0.1) is 12.2 Å². The summed E-state index contributed by atoms with van der Waals surface area (Å²) in [7, 11) is 0. The first-order valence-electron chi connectivity index (χ1n) is 13.6. The Kier molecular flexibility index (Phi) is 8.86. The Labute approximate surface area is 239 Å². The normalized spacial score (nSPS) is 14.4. The minimum Gasteiger partial charge on any atom is -0.489 e. The summed E-state index contributed by atoms with van der Waals surface area (Å²) in [6.45, 7) is 6.85. The van der Waals surface area contributed by atoms with Crippen LogP contribution in [0.2, 0.25) is 0 Å². The lowest BCUT2D eigenvalue weighted by atomic mass is 9.95. The lowest BCUT2D eigenvalue weighted by Gasteiger charge is -2.28. The van der Waals surface area contributed by atoms with E-state index < -0.39 is 6.04 Å². The number of unbranched alkanes of at least 4 members (excludes halogenated alkanes) is 1. The molecule has 2 heterocycles. The molecule has 40 heavy (non-hydrogen) atoms. The summed E-state index contributed by atoms with van der Waals surface area (Å²) < 4.78 is 13.6. The predicted octanol–water partition coefficient (Wildman–Crippen LogP) is 7.09. The van der Waals surface area contributed by atoms with Crippen LogP contribution < -0.4 is 10.1 Å². The lowest BCUT2D eigenvalue weighted by Crippen LogP contribution is -2.29. The Hall–Kier alpha value is -4.04. The largest absolute Gasteiger partial charge is 0.489 e. The van der Waals surface area contributed by atoms with Crippen LogP contribution in [-0.4, -0.2) is 27.3 Å². The van der Waals surface area contributed by atoms with E-state index in [-0.39, 0.29) is 5.97 Å². The maximum atomic E-state index is 13.4. The average Bonchev–Trinajstić information content (AvgIpc) is 3.38. The molecule has 0 bridgehead atoms. The van der Waals surface area contributed by atoms with Crippen LogP contribution >= 0.6 is 11.8 Å². The molecule has 0 amide bonds. The van der Waals surface area contributed by atoms with Gasteiger partial charge in [0.2, 0.25) is 11.1 Å². The number of hydrogen-bond acceptors (Lipinski definition) is 7. The number of aryl methyl sites for hydroxylation is 1. The topological polar surface area (TPSA) is 78.3 Å². The Morgan fingerprint density at radius 1 is 1.00 bits per heavy atom. The molecule has 1 N–H and O–H groups in total. The van der Waals surface area contributed by atoms with Crippen LogP contribution in [0, 0.1) is 6.92 Å². The van der Waals surface area contributed by atoms with Crippen molar-refractivity contribution in [2.24, 2.45) is 0 Å². The Morgan fingerprint density at radius 2 is 1.80 bits per heavy atom. The van der Waals surface area contributed by atoms with Crippen molar-refractivity contribution < 1.29 is 14.3 Å². The second-order valence-electron chi connectivity index (χ2n) is 9.84. The van der Waals surface area contributed by atoms with Crippen molar-refractivity contribution in [3.63, 3.8) is 0 Å². The Morgan fingerprint density at radius 3 is 2.58 bits per heavy atom. The van der Waals surface area contributed by atoms with Crippen molar-refractivity contribution in [2.45, 2.75) is 57.2 Å². The molecule has 0 saturated carbocycles. The van der Waals surface area contributed by atoms with Crippen molar-refractivity contribution in [2.75, 3.05) is 11.9 Å². The first-order valence-corrected chi connectivity index (χ1v) is 14.6. The maximum absolute atomic E-state index is 13.4. The van der Waals surface area contributed by atoms with Gasteiger partial charge < -0.3 is 14.8 Å². The molecule has 1 aliphatic heterocycles. The summed E-state index contributed by atoms with van der Waals surface area (Å²) in [6, 6.07) is 25.8. The highest BCUT2D eigenvalue weighted by Crippen LogP contribution is 2.38. The van der Waals surface area contributed by atoms with Gasteiger partial charge in [0, 0.05) is 11.4 Å². The number of carbonyl (C=O) groups is 1. The zero-order chi connectivity index (χ0) is 27.9. The van der Waals surface area contributed by atoms with E-state index in [0.29, 0.717) is 41.3 Å². The highest BCUT2D eigenvalue weighted by molar-refractivity contribution is 7.98. The van der Waals surface area contributed by atoms with E-state index in [2.05, 4.69) is 55.6 Å². The summed E-state index contributed by atoms with van der Waals surface area (Å²) in [4.78, 5) is 18.2. The fourth-order valence-corrected chi connectivity index (χ4v) is 5.28. The van der Waals surface area contributed by atoms with E-state index in [1.165, 1.54) is 11.1 Å². The van der Waals surface area contributed by atoms with Crippen molar-refractivity contribution >= 4 is 23.7 Å². The number of carbonyl (C=O) groups excluding carboxylic acids is 1. The molecule has 0 radical (unpaired) electrons. The number of anilines is 1. The maximum Gasteiger partial charge on any atom is 0.338 e. The van der Waals surface area contributed by atoms with Crippen LogP contribution in [-0.2, 0) is 21.9 Å². The van der Waals surface area contributed by atoms with Gasteiger partial charge in [0.25, 0.3) is 0 Å². The number of ether oxygens (including phenoxy) is 2. The number of allylic oxidation sites excluding steroid dienone is 1. The van der Waals surface area contributed by atoms with Crippen LogP contribution in [0.1, 0.15) is 55.0 Å². The number of hydrogen-bond donors (Lipinski definition) is 1. The van der Waals surface area contributed by atoms with Crippen molar-refractivity contribution in [3.8, 4) is 5.75 Å². The number of thioether (sulfide) groups is 1. The van der Waals surface area contributed by atoms with Crippen LogP contribution in [0.4, 0.5) is 5.95 Å². The van der Waals surface area contributed by atoms with Gasteiger partial charge in [0.1, 0.15) is 18.4 Å². The Bertz CT molecular complexity index is 1480. The summed E-state index contributed by atoms with van der Waals surface area (Å²) in [5.41, 5.74) is 5.59. The molecule has 206 valence electrons. The molecule has 7 nitrogen and oxygen atoms in total. The van der Waals surface area contributed by atoms with Crippen LogP contribution in [0.3, 0.4) is 0 Å². The first kappa shape index (κ1) is 27.5. The van der Waals surface area contributed by atoms with Gasteiger partial charge in [-0.25, -0.2) is 9.48 Å². The van der Waals surface area contributed by atoms with Gasteiger partial charge >= 0.3 is 5.97 Å². The molecule has 1 atom stereocenters. The van der Waals surface area contributed by atoms with Crippen LogP contribution in [0.5, 0.6) is 5.75 Å². The van der Waals surface area contributed by atoms with Crippen LogP contribution in [0.25, 0.3) is 0 Å². The summed E-state index contributed by atoms with van der Waals surface area (Å²) in [5, 5.41) is 8.77. The van der Waals surface area contributed by atoms with E-state index in [1.807, 2.05) is 49.4 Å².